The fourth-order valence-corrected chi connectivity index (χ4v) is 1.43. The quantitative estimate of drug-likeness (QED) is 0.457. The van der Waals surface area contributed by atoms with Crippen LogP contribution in [0.5, 0.6) is 0 Å². The molecule has 0 unspecified atom stereocenters. The van der Waals surface area contributed by atoms with Crippen molar-refractivity contribution in [2.24, 2.45) is 0 Å². The Bertz CT molecular complexity index is 289. The van der Waals surface area contributed by atoms with Crippen LogP contribution in [0.4, 0.5) is 35.1 Å². The average molecular weight is 228 g/mol. The molecule has 1 saturated carbocycles. The molecule has 0 bridgehead atoms. The van der Waals surface area contributed by atoms with Gasteiger partial charge < -0.3 is 0 Å². The lowest BCUT2D eigenvalue weighted by molar-refractivity contribution is -0.442. The van der Waals surface area contributed by atoms with E-state index in [4.69, 9.17) is 0 Å². The van der Waals surface area contributed by atoms with E-state index >= 15 is 0 Å². The molecule has 1 spiro atoms. The Morgan fingerprint density at radius 1 is 0.571 bits per heavy atom. The van der Waals surface area contributed by atoms with E-state index in [-0.39, 0.29) is 0 Å². The fraction of sp³-hybridized carbons (Fsp3) is 1.00. The first kappa shape index (κ1) is 9.94. The largest absolute Gasteiger partial charge is 0.398 e. The molecule has 0 radical (unpaired) electrons. The predicted octanol–water partition coefficient (Wildman–Crippen LogP) is 2.27. The first-order valence-corrected chi connectivity index (χ1v) is 3.17. The molecule has 14 heavy (non-hydrogen) atoms. The smallest absolute Gasteiger partial charge is 0.289 e. The molecule has 2 rings (SSSR count). The first-order valence-electron chi connectivity index (χ1n) is 3.17. The van der Waals surface area contributed by atoms with Crippen molar-refractivity contribution < 1.29 is 39.9 Å². The molecule has 0 N–H and O–H groups in total. The molecule has 0 aromatic rings. The zero-order valence-corrected chi connectivity index (χ0v) is 5.93. The van der Waals surface area contributed by atoms with Crippen LogP contribution in [0.2, 0.25) is 0 Å². The van der Waals surface area contributed by atoms with Gasteiger partial charge in [-0.3, -0.25) is 4.74 Å². The maximum absolute atomic E-state index is 12.3. The number of epoxide rings is 1. The second-order valence-corrected chi connectivity index (χ2v) is 3.02. The molecule has 9 heteroatoms. The van der Waals surface area contributed by atoms with Crippen LogP contribution in [0.3, 0.4) is 0 Å². The summed E-state index contributed by atoms with van der Waals surface area (Å²) in [5.41, 5.74) is -4.66. The van der Waals surface area contributed by atoms with Crippen molar-refractivity contribution in [2.75, 3.05) is 0 Å². The molecular weight excluding hydrogens is 228 g/mol. The van der Waals surface area contributed by atoms with Gasteiger partial charge in [-0.25, -0.2) is 0 Å². The van der Waals surface area contributed by atoms with Crippen LogP contribution >= 0.6 is 0 Å². The minimum absolute atomic E-state index is 2.78. The van der Waals surface area contributed by atoms with Gasteiger partial charge in [0.15, 0.2) is 0 Å². The van der Waals surface area contributed by atoms with Gasteiger partial charge in [0.05, 0.1) is 0 Å². The van der Waals surface area contributed by atoms with E-state index in [0.717, 1.165) is 0 Å². The molecule has 2 fully saturated rings. The highest BCUT2D eigenvalue weighted by atomic mass is 19.4. The van der Waals surface area contributed by atoms with Crippen molar-refractivity contribution in [1.82, 2.24) is 0 Å². The van der Waals surface area contributed by atoms with Crippen LogP contribution in [-0.2, 0) is 4.74 Å². The van der Waals surface area contributed by atoms with E-state index in [1.165, 1.54) is 0 Å². The lowest BCUT2D eigenvalue weighted by atomic mass is 9.71. The number of hydrogen-bond acceptors (Lipinski definition) is 1. The van der Waals surface area contributed by atoms with Gasteiger partial charge in [0, 0.05) is 0 Å². The van der Waals surface area contributed by atoms with Crippen LogP contribution in [0.1, 0.15) is 0 Å². The van der Waals surface area contributed by atoms with Crippen molar-refractivity contribution in [3.05, 3.63) is 0 Å². The topological polar surface area (TPSA) is 12.5 Å². The molecule has 0 atom stereocenters. The highest BCUT2D eigenvalue weighted by Gasteiger charge is 3.13. The summed E-state index contributed by atoms with van der Waals surface area (Å²) >= 11 is 0. The summed E-state index contributed by atoms with van der Waals surface area (Å²) < 4.78 is 100. The van der Waals surface area contributed by atoms with Gasteiger partial charge in [-0.2, -0.15) is 35.1 Å². The molecule has 0 aromatic carbocycles. The zero-order valence-electron chi connectivity index (χ0n) is 5.93. The summed E-state index contributed by atoms with van der Waals surface area (Å²) in [6.45, 7) is 0. The Hall–Kier alpha value is -0.600. The Kier molecular flexibility index (Phi) is 1.24. The van der Waals surface area contributed by atoms with E-state index in [0.29, 0.717) is 0 Å². The Labute approximate surface area is 70.6 Å². The lowest BCUT2D eigenvalue weighted by Crippen LogP contribution is -2.82. The zero-order chi connectivity index (χ0) is 11.2. The van der Waals surface area contributed by atoms with E-state index in [1.807, 2.05) is 0 Å². The third kappa shape index (κ3) is 0.526. The van der Waals surface area contributed by atoms with Gasteiger partial charge >= 0.3 is 29.5 Å². The van der Waals surface area contributed by atoms with Gasteiger partial charge in [-0.05, 0) is 0 Å². The minimum Gasteiger partial charge on any atom is -0.289 e. The van der Waals surface area contributed by atoms with E-state index < -0.39 is 29.5 Å². The molecule has 2 aliphatic rings. The summed E-state index contributed by atoms with van der Waals surface area (Å²) in [5.74, 6) is -16.9. The number of alkyl halides is 8. The summed E-state index contributed by atoms with van der Waals surface area (Å²) in [4.78, 5) is 0. The molecular formula is C5F8O. The summed E-state index contributed by atoms with van der Waals surface area (Å²) in [5, 5.41) is 0. The van der Waals surface area contributed by atoms with Crippen molar-refractivity contribution in [1.29, 1.82) is 0 Å². The summed E-state index contributed by atoms with van der Waals surface area (Å²) in [6, 6.07) is 0. The number of ether oxygens (including phenoxy) is 1. The molecule has 0 aromatic heterocycles. The second-order valence-electron chi connectivity index (χ2n) is 3.02. The first-order chi connectivity index (χ1) is 5.96. The third-order valence-corrected chi connectivity index (χ3v) is 2.32. The SMILES string of the molecule is FC1(F)OC12C(F)(F)C(F)(F)C2(F)F. The van der Waals surface area contributed by atoms with Gasteiger partial charge in [-0.15, -0.1) is 0 Å². The van der Waals surface area contributed by atoms with Crippen molar-refractivity contribution in [2.45, 2.75) is 29.5 Å². The molecule has 1 aliphatic heterocycles. The molecule has 1 heterocycles. The van der Waals surface area contributed by atoms with E-state index in [2.05, 4.69) is 4.74 Å². The minimum atomic E-state index is -5.81. The van der Waals surface area contributed by atoms with Crippen LogP contribution < -0.4 is 0 Å². The van der Waals surface area contributed by atoms with Crippen molar-refractivity contribution in [3.63, 3.8) is 0 Å². The van der Waals surface area contributed by atoms with E-state index in [1.54, 1.807) is 0 Å². The van der Waals surface area contributed by atoms with Crippen LogP contribution in [0.25, 0.3) is 0 Å². The number of rotatable bonds is 0. The average Bonchev–Trinajstić information content (AvgIpc) is 2.55. The van der Waals surface area contributed by atoms with Crippen LogP contribution in [-0.4, -0.2) is 29.5 Å². The van der Waals surface area contributed by atoms with Gasteiger partial charge in [-0.1, -0.05) is 0 Å². The Morgan fingerprint density at radius 2 is 0.857 bits per heavy atom. The summed E-state index contributed by atoms with van der Waals surface area (Å²) in [7, 11) is 0. The van der Waals surface area contributed by atoms with E-state index in [9.17, 15) is 35.1 Å². The maximum atomic E-state index is 12.3. The van der Waals surface area contributed by atoms with Gasteiger partial charge in [0.25, 0.3) is 0 Å². The standard InChI is InChI=1S/C5F8O/c6-2(7)1(5(12,13)14-1)3(8,9)4(2,10)11. The third-order valence-electron chi connectivity index (χ3n) is 2.32. The number of hydrogen-bond donors (Lipinski definition) is 0. The Balaban J connectivity index is 2.50. The highest BCUT2D eigenvalue weighted by Crippen LogP contribution is 2.80. The van der Waals surface area contributed by atoms with Crippen molar-refractivity contribution in [3.8, 4) is 0 Å². The molecule has 1 saturated heterocycles. The predicted molar refractivity (Wildman–Crippen MR) is 23.6 cm³/mol. The van der Waals surface area contributed by atoms with Gasteiger partial charge in [0.2, 0.25) is 0 Å². The maximum Gasteiger partial charge on any atom is 0.398 e. The molecule has 1 nitrogen and oxygen atoms in total. The molecule has 1 aliphatic carbocycles. The number of halogens is 8. The lowest BCUT2D eigenvalue weighted by Gasteiger charge is -2.47. The summed E-state index contributed by atoms with van der Waals surface area (Å²) in [6.07, 6.45) is -4.91. The Morgan fingerprint density at radius 3 is 1.00 bits per heavy atom. The van der Waals surface area contributed by atoms with Crippen LogP contribution in [0.15, 0.2) is 0 Å². The van der Waals surface area contributed by atoms with Crippen molar-refractivity contribution >= 4 is 0 Å². The molecule has 82 valence electrons. The fourth-order valence-electron chi connectivity index (χ4n) is 1.43. The van der Waals surface area contributed by atoms with Gasteiger partial charge in [0.1, 0.15) is 0 Å². The normalized spacial score (nSPS) is 37.7. The highest BCUT2D eigenvalue weighted by molar-refractivity contribution is 5.37. The monoisotopic (exact) mass is 228 g/mol. The van der Waals surface area contributed by atoms with Crippen LogP contribution in [0, 0.1) is 0 Å². The molecule has 0 amide bonds. The second kappa shape index (κ2) is 1.74.